The van der Waals surface area contributed by atoms with Gasteiger partial charge in [0.2, 0.25) is 5.91 Å². The van der Waals surface area contributed by atoms with E-state index in [-0.39, 0.29) is 11.9 Å². The fourth-order valence-electron chi connectivity index (χ4n) is 1.84. The number of amides is 1. The Morgan fingerprint density at radius 1 is 1.53 bits per heavy atom. The van der Waals surface area contributed by atoms with E-state index in [0.29, 0.717) is 24.2 Å². The molecule has 1 aliphatic heterocycles. The van der Waals surface area contributed by atoms with Crippen LogP contribution >= 0.6 is 0 Å². The van der Waals surface area contributed by atoms with Gasteiger partial charge in [0.25, 0.3) is 0 Å². The Kier molecular flexibility index (Phi) is 3.15. The van der Waals surface area contributed by atoms with Crippen LogP contribution in [0, 0.1) is 11.3 Å². The Balaban J connectivity index is 2.04. The Morgan fingerprint density at radius 2 is 2.35 bits per heavy atom. The van der Waals surface area contributed by atoms with Crippen LogP contribution in [0.3, 0.4) is 0 Å². The fraction of sp³-hybridized carbons (Fsp3) is 0.333. The molecule has 5 nitrogen and oxygen atoms in total. The number of benzene rings is 1. The van der Waals surface area contributed by atoms with Crippen molar-refractivity contribution >= 4 is 17.3 Å². The van der Waals surface area contributed by atoms with E-state index >= 15 is 0 Å². The van der Waals surface area contributed by atoms with Crippen LogP contribution in [0.4, 0.5) is 11.4 Å². The van der Waals surface area contributed by atoms with E-state index in [4.69, 9.17) is 11.0 Å². The minimum atomic E-state index is 0.0934. The second kappa shape index (κ2) is 4.74. The summed E-state index contributed by atoms with van der Waals surface area (Å²) in [6.45, 7) is 0.609. The topological polar surface area (TPSA) is 90.9 Å². The number of nitrogens with zero attached hydrogens (tertiary/aromatic N) is 1. The van der Waals surface area contributed by atoms with E-state index < -0.39 is 0 Å². The molecule has 1 fully saturated rings. The van der Waals surface area contributed by atoms with Crippen molar-refractivity contribution in [2.45, 2.75) is 18.9 Å². The molecule has 1 amide bonds. The highest BCUT2D eigenvalue weighted by Gasteiger charge is 2.18. The van der Waals surface area contributed by atoms with E-state index in [1.165, 1.54) is 0 Å². The summed E-state index contributed by atoms with van der Waals surface area (Å²) < 4.78 is 0. The molecular weight excluding hydrogens is 216 g/mol. The van der Waals surface area contributed by atoms with Gasteiger partial charge in [-0.25, -0.2) is 0 Å². The molecule has 4 N–H and O–H groups in total. The lowest BCUT2D eigenvalue weighted by Crippen LogP contribution is -2.41. The molecule has 17 heavy (non-hydrogen) atoms. The zero-order valence-corrected chi connectivity index (χ0v) is 9.36. The fourth-order valence-corrected chi connectivity index (χ4v) is 1.84. The normalized spacial score (nSPS) is 19.2. The van der Waals surface area contributed by atoms with Gasteiger partial charge in [-0.15, -0.1) is 0 Å². The standard InChI is InChI=1S/C12H14N4O/c13-6-8-1-3-11(10(14)5-8)16-9-2-4-12(17)15-7-9/h1,3,5,9,16H,2,4,7,14H2,(H,15,17). The highest BCUT2D eigenvalue weighted by molar-refractivity contribution is 5.77. The Morgan fingerprint density at radius 3 is 2.94 bits per heavy atom. The van der Waals surface area contributed by atoms with Gasteiger partial charge in [-0.05, 0) is 24.6 Å². The number of anilines is 2. The number of rotatable bonds is 2. The predicted molar refractivity (Wildman–Crippen MR) is 65.2 cm³/mol. The Bertz CT molecular complexity index is 468. The van der Waals surface area contributed by atoms with E-state index in [1.54, 1.807) is 18.2 Å². The molecule has 1 atom stereocenters. The van der Waals surface area contributed by atoms with Crippen LogP contribution in [-0.2, 0) is 4.79 Å². The maximum absolute atomic E-state index is 11.0. The molecule has 0 aromatic heterocycles. The SMILES string of the molecule is N#Cc1ccc(NC2CCC(=O)NC2)c(N)c1. The molecule has 1 aromatic rings. The smallest absolute Gasteiger partial charge is 0.220 e. The van der Waals surface area contributed by atoms with Gasteiger partial charge in [-0.1, -0.05) is 0 Å². The first-order valence-electron chi connectivity index (χ1n) is 5.52. The van der Waals surface area contributed by atoms with Crippen LogP contribution < -0.4 is 16.4 Å². The number of hydrogen-bond donors (Lipinski definition) is 3. The molecule has 1 heterocycles. The van der Waals surface area contributed by atoms with Crippen molar-refractivity contribution in [3.05, 3.63) is 23.8 Å². The van der Waals surface area contributed by atoms with E-state index in [2.05, 4.69) is 10.6 Å². The van der Waals surface area contributed by atoms with Gasteiger partial charge in [0, 0.05) is 19.0 Å². The van der Waals surface area contributed by atoms with Crippen LogP contribution in [0.25, 0.3) is 0 Å². The van der Waals surface area contributed by atoms with E-state index in [9.17, 15) is 4.79 Å². The highest BCUT2D eigenvalue weighted by atomic mass is 16.1. The first-order chi connectivity index (χ1) is 8.19. The summed E-state index contributed by atoms with van der Waals surface area (Å²) >= 11 is 0. The van der Waals surface area contributed by atoms with Crippen molar-refractivity contribution in [3.8, 4) is 6.07 Å². The molecule has 88 valence electrons. The van der Waals surface area contributed by atoms with Crippen molar-refractivity contribution in [1.82, 2.24) is 5.32 Å². The van der Waals surface area contributed by atoms with Gasteiger partial charge in [0.15, 0.2) is 0 Å². The van der Waals surface area contributed by atoms with Crippen molar-refractivity contribution in [3.63, 3.8) is 0 Å². The van der Waals surface area contributed by atoms with Crippen molar-refractivity contribution < 1.29 is 4.79 Å². The molecule has 0 aliphatic carbocycles. The van der Waals surface area contributed by atoms with E-state index in [1.807, 2.05) is 6.07 Å². The van der Waals surface area contributed by atoms with Gasteiger partial charge in [-0.2, -0.15) is 5.26 Å². The van der Waals surface area contributed by atoms with Crippen molar-refractivity contribution in [1.29, 1.82) is 5.26 Å². The third-order valence-corrected chi connectivity index (χ3v) is 2.81. The van der Waals surface area contributed by atoms with Crippen LogP contribution in [0.15, 0.2) is 18.2 Å². The summed E-state index contributed by atoms with van der Waals surface area (Å²) in [7, 11) is 0. The molecule has 0 saturated carbocycles. The van der Waals surface area contributed by atoms with Crippen molar-refractivity contribution in [2.24, 2.45) is 0 Å². The molecule has 1 unspecified atom stereocenters. The van der Waals surface area contributed by atoms with Crippen molar-refractivity contribution in [2.75, 3.05) is 17.6 Å². The monoisotopic (exact) mass is 230 g/mol. The lowest BCUT2D eigenvalue weighted by molar-refractivity contribution is -0.122. The molecule has 5 heteroatoms. The first-order valence-corrected chi connectivity index (χ1v) is 5.52. The Hall–Kier alpha value is -2.22. The van der Waals surface area contributed by atoms with Gasteiger partial charge in [0.1, 0.15) is 0 Å². The van der Waals surface area contributed by atoms with E-state index in [0.717, 1.165) is 12.1 Å². The molecule has 0 bridgehead atoms. The maximum atomic E-state index is 11.0. The zero-order valence-electron chi connectivity index (χ0n) is 9.36. The number of piperidine rings is 1. The van der Waals surface area contributed by atoms with Gasteiger partial charge >= 0.3 is 0 Å². The second-order valence-corrected chi connectivity index (χ2v) is 4.10. The molecule has 0 spiro atoms. The minimum Gasteiger partial charge on any atom is -0.397 e. The third kappa shape index (κ3) is 2.67. The summed E-state index contributed by atoms with van der Waals surface area (Å²) in [5, 5.41) is 14.8. The minimum absolute atomic E-state index is 0.0934. The van der Waals surface area contributed by atoms with Crippen LogP contribution in [0.1, 0.15) is 18.4 Å². The van der Waals surface area contributed by atoms with Crippen LogP contribution in [0.2, 0.25) is 0 Å². The molecule has 1 aromatic carbocycles. The summed E-state index contributed by atoms with van der Waals surface area (Å²) in [5.41, 5.74) is 7.75. The van der Waals surface area contributed by atoms with Gasteiger partial charge < -0.3 is 16.4 Å². The second-order valence-electron chi connectivity index (χ2n) is 4.10. The van der Waals surface area contributed by atoms with Crippen LogP contribution in [-0.4, -0.2) is 18.5 Å². The lowest BCUT2D eigenvalue weighted by atomic mass is 10.1. The number of carbonyl (C=O) groups excluding carboxylic acids is 1. The summed E-state index contributed by atoms with van der Waals surface area (Å²) in [4.78, 5) is 11.0. The number of carbonyl (C=O) groups is 1. The number of nitrogens with one attached hydrogen (secondary N) is 2. The average molecular weight is 230 g/mol. The maximum Gasteiger partial charge on any atom is 0.220 e. The number of nitriles is 1. The summed E-state index contributed by atoms with van der Waals surface area (Å²) in [5.74, 6) is 0.0934. The predicted octanol–water partition coefficient (Wildman–Crippen LogP) is 0.831. The summed E-state index contributed by atoms with van der Waals surface area (Å²) in [6.07, 6.45) is 1.33. The quantitative estimate of drug-likeness (QED) is 0.656. The molecule has 1 saturated heterocycles. The number of nitrogen functional groups attached to an aromatic ring is 1. The first kappa shape index (κ1) is 11.3. The largest absolute Gasteiger partial charge is 0.397 e. The average Bonchev–Trinajstić information content (AvgIpc) is 2.34. The number of nitrogens with two attached hydrogens (primary N) is 1. The van der Waals surface area contributed by atoms with Gasteiger partial charge in [-0.3, -0.25) is 4.79 Å². The molecular formula is C12H14N4O. The molecule has 2 rings (SSSR count). The lowest BCUT2D eigenvalue weighted by Gasteiger charge is -2.25. The molecule has 0 radical (unpaired) electrons. The third-order valence-electron chi connectivity index (χ3n) is 2.81. The Labute approximate surface area is 99.6 Å². The summed E-state index contributed by atoms with van der Waals surface area (Å²) in [6, 6.07) is 7.40. The van der Waals surface area contributed by atoms with Gasteiger partial charge in [0.05, 0.1) is 23.0 Å². The highest BCUT2D eigenvalue weighted by Crippen LogP contribution is 2.21. The molecule has 1 aliphatic rings. The zero-order chi connectivity index (χ0) is 12.3. The van der Waals surface area contributed by atoms with Crippen LogP contribution in [0.5, 0.6) is 0 Å². The number of hydrogen-bond acceptors (Lipinski definition) is 4.